The molecule has 0 saturated carbocycles. The zero-order valence-corrected chi connectivity index (χ0v) is 11.9. The lowest BCUT2D eigenvalue weighted by molar-refractivity contribution is 0.390. The summed E-state index contributed by atoms with van der Waals surface area (Å²) in [6.07, 6.45) is 3.74. The summed E-state index contributed by atoms with van der Waals surface area (Å²) in [6.45, 7) is 0. The molecule has 5 heteroatoms. The van der Waals surface area contributed by atoms with Crippen molar-refractivity contribution in [3.05, 3.63) is 60.0 Å². The summed E-state index contributed by atoms with van der Waals surface area (Å²) in [5, 5.41) is 13.8. The van der Waals surface area contributed by atoms with E-state index in [1.807, 2.05) is 43.7 Å². The van der Waals surface area contributed by atoms with E-state index in [-0.39, 0.29) is 6.04 Å². The summed E-state index contributed by atoms with van der Waals surface area (Å²) in [7, 11) is 3.48. The molecule has 0 aliphatic heterocycles. The fraction of sp³-hybridized carbons (Fsp3) is 0.188. The summed E-state index contributed by atoms with van der Waals surface area (Å²) >= 11 is 0. The van der Waals surface area contributed by atoms with Gasteiger partial charge in [0.2, 0.25) is 5.88 Å². The third-order valence-corrected chi connectivity index (χ3v) is 3.46. The first-order valence-electron chi connectivity index (χ1n) is 6.71. The van der Waals surface area contributed by atoms with Crippen LogP contribution < -0.4 is 10.1 Å². The predicted octanol–water partition coefficient (Wildman–Crippen LogP) is 2.34. The molecular formula is C16H16N4O. The molecule has 0 spiro atoms. The van der Waals surface area contributed by atoms with Crippen LogP contribution in [0.3, 0.4) is 0 Å². The molecule has 0 aliphatic rings. The summed E-state index contributed by atoms with van der Waals surface area (Å²) in [4.78, 5) is 4.33. The van der Waals surface area contributed by atoms with Crippen molar-refractivity contribution in [2.45, 2.75) is 6.04 Å². The molecule has 3 rings (SSSR count). The number of fused-ring (bicyclic) bond motifs is 1. The lowest BCUT2D eigenvalue weighted by Crippen LogP contribution is -2.20. The Morgan fingerprint density at radius 3 is 2.62 bits per heavy atom. The second kappa shape index (κ2) is 5.85. The van der Waals surface area contributed by atoms with E-state index in [1.165, 1.54) is 0 Å². The zero-order valence-electron chi connectivity index (χ0n) is 11.9. The Bertz CT molecular complexity index is 737. The van der Waals surface area contributed by atoms with E-state index in [0.29, 0.717) is 5.88 Å². The second-order valence-corrected chi connectivity index (χ2v) is 4.67. The molecule has 5 nitrogen and oxygen atoms in total. The first-order chi connectivity index (χ1) is 10.3. The average Bonchev–Trinajstić information content (AvgIpc) is 2.56. The van der Waals surface area contributed by atoms with Gasteiger partial charge in [0.1, 0.15) is 0 Å². The van der Waals surface area contributed by atoms with Crippen LogP contribution in [0, 0.1) is 0 Å². The topological polar surface area (TPSA) is 59.9 Å². The van der Waals surface area contributed by atoms with Crippen LogP contribution in [0.2, 0.25) is 0 Å². The second-order valence-electron chi connectivity index (χ2n) is 4.67. The number of ether oxygens (including phenoxy) is 1. The average molecular weight is 280 g/mol. The molecule has 0 aliphatic carbocycles. The zero-order chi connectivity index (χ0) is 14.7. The van der Waals surface area contributed by atoms with E-state index < -0.39 is 0 Å². The van der Waals surface area contributed by atoms with E-state index in [2.05, 4.69) is 32.6 Å². The molecule has 0 radical (unpaired) electrons. The molecule has 2 aromatic heterocycles. The van der Waals surface area contributed by atoms with Crippen molar-refractivity contribution in [3.63, 3.8) is 0 Å². The van der Waals surface area contributed by atoms with E-state index in [0.717, 1.165) is 22.0 Å². The fourth-order valence-electron chi connectivity index (χ4n) is 2.43. The van der Waals surface area contributed by atoms with E-state index in [4.69, 9.17) is 4.74 Å². The van der Waals surface area contributed by atoms with Crippen LogP contribution in [0.25, 0.3) is 10.8 Å². The van der Waals surface area contributed by atoms with Crippen LogP contribution in [0.1, 0.15) is 17.3 Å². The Balaban J connectivity index is 2.09. The van der Waals surface area contributed by atoms with Gasteiger partial charge < -0.3 is 10.1 Å². The van der Waals surface area contributed by atoms with Crippen molar-refractivity contribution >= 4 is 10.8 Å². The molecule has 0 saturated heterocycles. The Labute approximate surface area is 123 Å². The molecule has 0 amide bonds. The number of aromatic nitrogens is 3. The van der Waals surface area contributed by atoms with Gasteiger partial charge in [0.15, 0.2) is 0 Å². The molecule has 3 aromatic rings. The summed E-state index contributed by atoms with van der Waals surface area (Å²) < 4.78 is 5.05. The third-order valence-electron chi connectivity index (χ3n) is 3.46. The van der Waals surface area contributed by atoms with Gasteiger partial charge in [0.25, 0.3) is 0 Å². The number of nitrogens with one attached hydrogen (secondary N) is 1. The highest BCUT2D eigenvalue weighted by molar-refractivity contribution is 5.85. The monoisotopic (exact) mass is 280 g/mol. The smallest absolute Gasteiger partial charge is 0.233 e. The van der Waals surface area contributed by atoms with Crippen LogP contribution in [-0.2, 0) is 0 Å². The molecule has 0 bridgehead atoms. The van der Waals surface area contributed by atoms with Crippen molar-refractivity contribution in [3.8, 4) is 5.88 Å². The molecule has 1 atom stereocenters. The van der Waals surface area contributed by atoms with Crippen molar-refractivity contribution < 1.29 is 4.74 Å². The van der Waals surface area contributed by atoms with Gasteiger partial charge in [-0.3, -0.25) is 4.98 Å². The van der Waals surface area contributed by atoms with Crippen molar-refractivity contribution in [2.24, 2.45) is 0 Å². The maximum atomic E-state index is 5.05. The Morgan fingerprint density at radius 2 is 1.90 bits per heavy atom. The number of benzene rings is 1. The minimum atomic E-state index is -0.0676. The van der Waals surface area contributed by atoms with Gasteiger partial charge in [0.05, 0.1) is 18.8 Å². The highest BCUT2D eigenvalue weighted by atomic mass is 16.5. The largest absolute Gasteiger partial charge is 0.480 e. The van der Waals surface area contributed by atoms with Crippen LogP contribution in [0.15, 0.2) is 48.8 Å². The highest BCUT2D eigenvalue weighted by Gasteiger charge is 2.17. The quantitative estimate of drug-likeness (QED) is 0.795. The predicted molar refractivity (Wildman–Crippen MR) is 81.2 cm³/mol. The van der Waals surface area contributed by atoms with Gasteiger partial charge in [-0.15, -0.1) is 10.2 Å². The number of nitrogens with zero attached hydrogens (tertiary/aromatic N) is 3. The maximum absolute atomic E-state index is 5.05. The first kappa shape index (κ1) is 13.5. The van der Waals surface area contributed by atoms with Crippen molar-refractivity contribution in [2.75, 3.05) is 14.2 Å². The molecule has 21 heavy (non-hydrogen) atoms. The number of hydrogen-bond acceptors (Lipinski definition) is 5. The van der Waals surface area contributed by atoms with Crippen LogP contribution in [0.5, 0.6) is 5.88 Å². The van der Waals surface area contributed by atoms with Gasteiger partial charge >= 0.3 is 0 Å². The minimum Gasteiger partial charge on any atom is -0.480 e. The van der Waals surface area contributed by atoms with E-state index in [1.54, 1.807) is 7.11 Å². The van der Waals surface area contributed by atoms with Crippen LogP contribution in [-0.4, -0.2) is 29.3 Å². The van der Waals surface area contributed by atoms with Gasteiger partial charge in [-0.05, 0) is 18.5 Å². The minimum absolute atomic E-state index is 0.0676. The highest BCUT2D eigenvalue weighted by Crippen LogP contribution is 2.27. The normalized spacial score (nSPS) is 12.3. The molecular weight excluding hydrogens is 264 g/mol. The van der Waals surface area contributed by atoms with Crippen molar-refractivity contribution in [1.29, 1.82) is 0 Å². The third kappa shape index (κ3) is 2.55. The van der Waals surface area contributed by atoms with Crippen LogP contribution in [0.4, 0.5) is 0 Å². The summed E-state index contributed by atoms with van der Waals surface area (Å²) in [5.74, 6) is 0.504. The number of rotatable bonds is 4. The summed E-state index contributed by atoms with van der Waals surface area (Å²) in [6, 6.07) is 11.8. The summed E-state index contributed by atoms with van der Waals surface area (Å²) in [5.41, 5.74) is 1.91. The number of pyridine rings is 1. The standard InChI is InChI=1S/C16H16N4O/c1-17-16(14-7-8-15(21-2)20-19-14)13-10-18-9-11-5-3-4-6-12(11)13/h3-10,16-17H,1-2H3. The molecule has 0 fully saturated rings. The van der Waals surface area contributed by atoms with E-state index >= 15 is 0 Å². The van der Waals surface area contributed by atoms with Crippen molar-refractivity contribution in [1.82, 2.24) is 20.5 Å². The molecule has 1 aromatic carbocycles. The van der Waals surface area contributed by atoms with E-state index in [9.17, 15) is 0 Å². The number of hydrogen-bond donors (Lipinski definition) is 1. The molecule has 2 heterocycles. The lowest BCUT2D eigenvalue weighted by atomic mass is 9.99. The van der Waals surface area contributed by atoms with Crippen LogP contribution >= 0.6 is 0 Å². The van der Waals surface area contributed by atoms with Gasteiger partial charge in [-0.1, -0.05) is 24.3 Å². The lowest BCUT2D eigenvalue weighted by Gasteiger charge is -2.17. The Hall–Kier alpha value is -2.53. The number of methoxy groups -OCH3 is 1. The fourth-order valence-corrected chi connectivity index (χ4v) is 2.43. The molecule has 1 N–H and O–H groups in total. The molecule has 106 valence electrons. The Kier molecular flexibility index (Phi) is 3.75. The maximum Gasteiger partial charge on any atom is 0.233 e. The molecule has 1 unspecified atom stereocenters. The van der Waals surface area contributed by atoms with Gasteiger partial charge in [-0.2, -0.15) is 0 Å². The van der Waals surface area contributed by atoms with Gasteiger partial charge in [0, 0.05) is 29.4 Å². The van der Waals surface area contributed by atoms with Gasteiger partial charge in [-0.25, -0.2) is 0 Å². The Morgan fingerprint density at radius 1 is 1.05 bits per heavy atom. The first-order valence-corrected chi connectivity index (χ1v) is 6.71. The SMILES string of the molecule is CNC(c1ccc(OC)nn1)c1cncc2ccccc12.